The van der Waals surface area contributed by atoms with Gasteiger partial charge in [0.1, 0.15) is 0 Å². The van der Waals surface area contributed by atoms with Gasteiger partial charge in [0.15, 0.2) is 0 Å². The highest BCUT2D eigenvalue weighted by Gasteiger charge is 2.34. The van der Waals surface area contributed by atoms with Crippen LogP contribution in [0.5, 0.6) is 0 Å². The summed E-state index contributed by atoms with van der Waals surface area (Å²) in [4.78, 5) is 0. The molecule has 0 spiro atoms. The summed E-state index contributed by atoms with van der Waals surface area (Å²) in [6.45, 7) is 4.55. The summed E-state index contributed by atoms with van der Waals surface area (Å²) in [5, 5.41) is 0. The minimum absolute atomic E-state index is 0.0000540. The van der Waals surface area contributed by atoms with Crippen LogP contribution < -0.4 is 0 Å². The molecule has 1 aliphatic rings. The zero-order valence-corrected chi connectivity index (χ0v) is 9.92. The second-order valence-electron chi connectivity index (χ2n) is 4.48. The van der Waals surface area contributed by atoms with Crippen molar-refractivity contribution >= 4 is 10.8 Å². The molecular weight excluding hydrogens is 208 g/mol. The minimum Gasteiger partial charge on any atom is -0.371 e. The largest absolute Gasteiger partial charge is 0.371 e. The summed E-state index contributed by atoms with van der Waals surface area (Å²) in [6.07, 6.45) is 0.0000540. The van der Waals surface area contributed by atoms with Gasteiger partial charge in [-0.2, -0.15) is 0 Å². The molecule has 0 aliphatic carbocycles. The standard InChI is InChI=1S/C12H16O2S/c1-12(2)9-14-11(8-15(12)13)10-6-4-3-5-7-10/h3-7,11H,8-9H2,1-2H3/t11-,15+/m0/s1. The van der Waals surface area contributed by atoms with Crippen LogP contribution in [0.4, 0.5) is 0 Å². The molecule has 1 fully saturated rings. The van der Waals surface area contributed by atoms with Gasteiger partial charge in [0, 0.05) is 10.8 Å². The fourth-order valence-electron chi connectivity index (χ4n) is 1.64. The van der Waals surface area contributed by atoms with Gasteiger partial charge in [0.25, 0.3) is 0 Å². The lowest BCUT2D eigenvalue weighted by Gasteiger charge is -2.33. The molecule has 0 amide bonds. The van der Waals surface area contributed by atoms with E-state index in [0.29, 0.717) is 12.4 Å². The Morgan fingerprint density at radius 1 is 1.33 bits per heavy atom. The van der Waals surface area contributed by atoms with Gasteiger partial charge in [-0.1, -0.05) is 30.3 Å². The fourth-order valence-corrected chi connectivity index (χ4v) is 2.85. The summed E-state index contributed by atoms with van der Waals surface area (Å²) >= 11 is 0. The average molecular weight is 224 g/mol. The van der Waals surface area contributed by atoms with Crippen LogP contribution in [0.3, 0.4) is 0 Å². The number of hydrogen-bond acceptors (Lipinski definition) is 2. The normalized spacial score (nSPS) is 30.0. The minimum atomic E-state index is -0.806. The van der Waals surface area contributed by atoms with Gasteiger partial charge in [0.2, 0.25) is 0 Å². The second-order valence-corrected chi connectivity index (χ2v) is 6.61. The van der Waals surface area contributed by atoms with Crippen LogP contribution >= 0.6 is 0 Å². The van der Waals surface area contributed by atoms with Gasteiger partial charge >= 0.3 is 0 Å². The third-order valence-corrected chi connectivity index (χ3v) is 4.68. The Morgan fingerprint density at radius 3 is 2.60 bits per heavy atom. The van der Waals surface area contributed by atoms with E-state index in [1.807, 2.05) is 44.2 Å². The van der Waals surface area contributed by atoms with E-state index in [1.54, 1.807) is 0 Å². The van der Waals surface area contributed by atoms with Gasteiger partial charge in [-0.05, 0) is 19.4 Å². The van der Waals surface area contributed by atoms with Gasteiger partial charge < -0.3 is 4.74 Å². The Balaban J connectivity index is 2.13. The Labute approximate surface area is 93.1 Å². The maximum atomic E-state index is 11.9. The molecule has 0 aromatic heterocycles. The molecule has 1 saturated heterocycles. The van der Waals surface area contributed by atoms with Crippen LogP contribution in [0.2, 0.25) is 0 Å². The second kappa shape index (κ2) is 4.06. The van der Waals surface area contributed by atoms with E-state index in [4.69, 9.17) is 4.74 Å². The Hall–Kier alpha value is -0.670. The highest BCUT2D eigenvalue weighted by molar-refractivity contribution is 7.86. The Bertz CT molecular complexity index is 359. The molecule has 2 nitrogen and oxygen atoms in total. The van der Waals surface area contributed by atoms with Crippen molar-refractivity contribution < 1.29 is 8.95 Å². The van der Waals surface area contributed by atoms with Crippen molar-refractivity contribution in [3.8, 4) is 0 Å². The Kier molecular flexibility index (Phi) is 2.94. The first-order valence-corrected chi connectivity index (χ1v) is 6.46. The molecule has 0 N–H and O–H groups in total. The zero-order valence-electron chi connectivity index (χ0n) is 9.10. The number of rotatable bonds is 1. The van der Waals surface area contributed by atoms with Gasteiger partial charge in [-0.3, -0.25) is 4.21 Å². The quantitative estimate of drug-likeness (QED) is 0.731. The van der Waals surface area contributed by atoms with E-state index in [2.05, 4.69) is 0 Å². The summed E-state index contributed by atoms with van der Waals surface area (Å²) in [7, 11) is -0.806. The van der Waals surface area contributed by atoms with Crippen molar-refractivity contribution in [3.63, 3.8) is 0 Å². The number of hydrogen-bond donors (Lipinski definition) is 0. The highest BCUT2D eigenvalue weighted by atomic mass is 32.2. The summed E-state index contributed by atoms with van der Waals surface area (Å²) in [5.41, 5.74) is 1.13. The van der Waals surface area contributed by atoms with Gasteiger partial charge in [0.05, 0.1) is 23.2 Å². The van der Waals surface area contributed by atoms with E-state index in [0.717, 1.165) is 5.56 Å². The third-order valence-electron chi connectivity index (χ3n) is 2.72. The maximum absolute atomic E-state index is 11.9. The summed E-state index contributed by atoms with van der Waals surface area (Å²) in [6, 6.07) is 10.0. The SMILES string of the molecule is CC1(C)CO[C@H](c2ccccc2)C[S@]1=O. The zero-order chi connectivity index (χ0) is 10.9. The fraction of sp³-hybridized carbons (Fsp3) is 0.500. The van der Waals surface area contributed by atoms with Crippen LogP contribution in [0.15, 0.2) is 30.3 Å². The smallest absolute Gasteiger partial charge is 0.0941 e. The molecular formula is C12H16O2S. The van der Waals surface area contributed by atoms with E-state index >= 15 is 0 Å². The van der Waals surface area contributed by atoms with Crippen molar-refractivity contribution in [1.82, 2.24) is 0 Å². The van der Waals surface area contributed by atoms with Gasteiger partial charge in [-0.15, -0.1) is 0 Å². The summed E-state index contributed by atoms with van der Waals surface area (Å²) in [5.74, 6) is 0.608. The van der Waals surface area contributed by atoms with Crippen molar-refractivity contribution in [2.45, 2.75) is 24.7 Å². The van der Waals surface area contributed by atoms with Crippen molar-refractivity contribution in [1.29, 1.82) is 0 Å². The molecule has 0 radical (unpaired) electrons. The first-order valence-electron chi connectivity index (χ1n) is 5.15. The van der Waals surface area contributed by atoms with Crippen molar-refractivity contribution in [2.75, 3.05) is 12.4 Å². The Morgan fingerprint density at radius 2 is 2.00 bits per heavy atom. The van der Waals surface area contributed by atoms with E-state index in [1.165, 1.54) is 0 Å². The molecule has 3 heteroatoms. The number of benzene rings is 1. The molecule has 82 valence electrons. The first kappa shape index (κ1) is 10.8. The molecule has 0 unspecified atom stereocenters. The van der Waals surface area contributed by atoms with E-state index in [-0.39, 0.29) is 10.9 Å². The molecule has 2 atom stereocenters. The monoisotopic (exact) mass is 224 g/mol. The lowest BCUT2D eigenvalue weighted by molar-refractivity contribution is 0.0457. The molecule has 15 heavy (non-hydrogen) atoms. The van der Waals surface area contributed by atoms with E-state index in [9.17, 15) is 4.21 Å². The van der Waals surface area contributed by atoms with Crippen LogP contribution in [0.1, 0.15) is 25.5 Å². The van der Waals surface area contributed by atoms with Crippen LogP contribution in [-0.2, 0) is 15.5 Å². The third kappa shape index (κ3) is 2.29. The first-order chi connectivity index (χ1) is 7.09. The van der Waals surface area contributed by atoms with Crippen LogP contribution in [0, 0.1) is 0 Å². The predicted octanol–water partition coefficient (Wildman–Crippen LogP) is 2.29. The lowest BCUT2D eigenvalue weighted by atomic mass is 10.1. The lowest BCUT2D eigenvalue weighted by Crippen LogP contribution is -2.41. The van der Waals surface area contributed by atoms with Crippen LogP contribution in [0.25, 0.3) is 0 Å². The van der Waals surface area contributed by atoms with Crippen LogP contribution in [-0.4, -0.2) is 21.3 Å². The highest BCUT2D eigenvalue weighted by Crippen LogP contribution is 2.29. The maximum Gasteiger partial charge on any atom is 0.0941 e. The molecule has 1 aromatic rings. The molecule has 1 aromatic carbocycles. The predicted molar refractivity (Wildman–Crippen MR) is 62.2 cm³/mol. The molecule has 1 heterocycles. The molecule has 1 aliphatic heterocycles. The molecule has 2 rings (SSSR count). The van der Waals surface area contributed by atoms with Gasteiger partial charge in [-0.25, -0.2) is 0 Å². The van der Waals surface area contributed by atoms with Crippen molar-refractivity contribution in [3.05, 3.63) is 35.9 Å². The summed E-state index contributed by atoms with van der Waals surface area (Å²) < 4.78 is 17.5. The average Bonchev–Trinajstić information content (AvgIpc) is 2.23. The van der Waals surface area contributed by atoms with Crippen molar-refractivity contribution in [2.24, 2.45) is 0 Å². The number of ether oxygens (including phenoxy) is 1. The topological polar surface area (TPSA) is 26.3 Å². The van der Waals surface area contributed by atoms with E-state index < -0.39 is 10.8 Å². The molecule has 0 saturated carbocycles. The molecule has 0 bridgehead atoms.